The number of aliphatic carboxylic acids is 1. The van der Waals surface area contributed by atoms with Gasteiger partial charge in [0.1, 0.15) is 5.25 Å². The molecule has 0 saturated carbocycles. The number of hydrogen-bond acceptors (Lipinski definition) is 7. The average molecular weight is 382 g/mol. The molecule has 3 N–H and O–H groups in total. The van der Waals surface area contributed by atoms with Crippen LogP contribution in [0.3, 0.4) is 0 Å². The van der Waals surface area contributed by atoms with Gasteiger partial charge in [0.25, 0.3) is 5.69 Å². The van der Waals surface area contributed by atoms with Crippen molar-refractivity contribution in [3.05, 3.63) is 51.2 Å². The number of nitrogens with zero attached hydrogens (tertiary/aromatic N) is 1. The Morgan fingerprint density at radius 3 is 2.58 bits per heavy atom. The maximum atomic E-state index is 12.9. The Hall–Kier alpha value is -2.46. The zero-order chi connectivity index (χ0) is 19.4. The number of sulfone groups is 1. The predicted octanol–water partition coefficient (Wildman–Crippen LogP) is 0.904. The van der Waals surface area contributed by atoms with Crippen LogP contribution < -0.4 is 5.32 Å². The maximum absolute atomic E-state index is 12.9. The molecule has 2 aliphatic heterocycles. The van der Waals surface area contributed by atoms with E-state index in [2.05, 4.69) is 5.32 Å². The van der Waals surface area contributed by atoms with Crippen LogP contribution in [0.25, 0.3) is 0 Å². The summed E-state index contributed by atoms with van der Waals surface area (Å²) in [5, 5.41) is 32.2. The van der Waals surface area contributed by atoms with E-state index in [-0.39, 0.29) is 28.9 Å². The molecule has 1 fully saturated rings. The van der Waals surface area contributed by atoms with Gasteiger partial charge in [0.15, 0.2) is 15.6 Å². The highest BCUT2D eigenvalue weighted by atomic mass is 32.2. The number of allylic oxidation sites excluding steroid dienone is 1. The number of fused-ring (bicyclic) bond motifs is 1. The third-order valence-electron chi connectivity index (χ3n) is 5.10. The largest absolute Gasteiger partial charge is 0.478 e. The first-order valence-corrected chi connectivity index (χ1v) is 9.52. The molecule has 1 aromatic carbocycles. The van der Waals surface area contributed by atoms with Gasteiger partial charge in [-0.1, -0.05) is 18.2 Å². The number of rotatable bonds is 3. The van der Waals surface area contributed by atoms with Crippen LogP contribution in [0, 0.1) is 10.1 Å². The van der Waals surface area contributed by atoms with Gasteiger partial charge in [0.05, 0.1) is 15.7 Å². The number of nitro groups is 1. The van der Waals surface area contributed by atoms with Crippen LogP contribution in [-0.4, -0.2) is 45.7 Å². The van der Waals surface area contributed by atoms with Crippen molar-refractivity contribution in [3.8, 4) is 0 Å². The highest BCUT2D eigenvalue weighted by Crippen LogP contribution is 2.50. The summed E-state index contributed by atoms with van der Waals surface area (Å²) in [6.07, 6.45) is -0.138. The molecule has 2 heterocycles. The lowest BCUT2D eigenvalue weighted by molar-refractivity contribution is -0.385. The van der Waals surface area contributed by atoms with Gasteiger partial charge in [0.2, 0.25) is 0 Å². The molecule has 0 bridgehead atoms. The van der Waals surface area contributed by atoms with E-state index in [0.717, 1.165) is 0 Å². The maximum Gasteiger partial charge on any atom is 0.333 e. The minimum Gasteiger partial charge on any atom is -0.478 e. The Kier molecular flexibility index (Phi) is 4.08. The quantitative estimate of drug-likeness (QED) is 0.516. The number of aliphatic hydroxyl groups is 1. The molecule has 0 aromatic heterocycles. The highest BCUT2D eigenvalue weighted by molar-refractivity contribution is 7.93. The van der Waals surface area contributed by atoms with Gasteiger partial charge < -0.3 is 15.5 Å². The van der Waals surface area contributed by atoms with E-state index < -0.39 is 42.9 Å². The molecule has 10 heteroatoms. The van der Waals surface area contributed by atoms with Crippen LogP contribution >= 0.6 is 0 Å². The normalized spacial score (nSPS) is 32.7. The van der Waals surface area contributed by atoms with Crippen molar-refractivity contribution >= 4 is 21.5 Å². The topological polar surface area (TPSA) is 147 Å². The molecule has 2 aliphatic rings. The second kappa shape index (κ2) is 5.78. The van der Waals surface area contributed by atoms with Gasteiger partial charge in [-0.15, -0.1) is 0 Å². The van der Waals surface area contributed by atoms with E-state index in [4.69, 9.17) is 0 Å². The fourth-order valence-electron chi connectivity index (χ4n) is 4.09. The standard InChI is InChI=1S/C16H18N2O7S/c1-8-7-16(21)14(26(8,24)25)13(12(15(19)20)9(2)17-16)10-5-3-4-6-11(10)18(22)23/h3-6,8,13-14,17,21H,7H2,1-2H3,(H,19,20). The van der Waals surface area contributed by atoms with E-state index in [1.807, 2.05) is 0 Å². The molecule has 9 nitrogen and oxygen atoms in total. The minimum atomic E-state index is -3.95. The number of carboxylic acids is 1. The Balaban J connectivity index is 2.36. The Bertz CT molecular complexity index is 940. The van der Waals surface area contributed by atoms with Gasteiger partial charge in [-0.25, -0.2) is 13.2 Å². The van der Waals surface area contributed by atoms with Crippen LogP contribution in [-0.2, 0) is 14.6 Å². The fourth-order valence-corrected chi connectivity index (χ4v) is 6.43. The molecule has 4 atom stereocenters. The average Bonchev–Trinajstić information content (AvgIpc) is 2.70. The highest BCUT2D eigenvalue weighted by Gasteiger charge is 2.63. The smallest absolute Gasteiger partial charge is 0.333 e. The summed E-state index contributed by atoms with van der Waals surface area (Å²) in [7, 11) is -3.95. The zero-order valence-electron chi connectivity index (χ0n) is 14.0. The Labute approximate surface area is 149 Å². The minimum absolute atomic E-state index is 0.0446. The molecular weight excluding hydrogens is 364 g/mol. The molecule has 140 valence electrons. The SMILES string of the molecule is CC1=C(C(=O)O)C(c2ccccc2[N+](=O)[O-])C2C(O)(CC(C)S2(=O)=O)N1. The lowest BCUT2D eigenvalue weighted by Crippen LogP contribution is -2.58. The van der Waals surface area contributed by atoms with Crippen molar-refractivity contribution in [3.63, 3.8) is 0 Å². The van der Waals surface area contributed by atoms with Crippen molar-refractivity contribution in [2.24, 2.45) is 0 Å². The van der Waals surface area contributed by atoms with Gasteiger partial charge in [-0.3, -0.25) is 10.1 Å². The van der Waals surface area contributed by atoms with Gasteiger partial charge >= 0.3 is 5.97 Å². The molecule has 0 radical (unpaired) electrons. The van der Waals surface area contributed by atoms with E-state index in [1.165, 1.54) is 38.1 Å². The third kappa shape index (κ3) is 2.48. The number of benzene rings is 1. The summed E-state index contributed by atoms with van der Waals surface area (Å²) < 4.78 is 25.8. The van der Waals surface area contributed by atoms with Crippen LogP contribution in [0.2, 0.25) is 0 Å². The van der Waals surface area contributed by atoms with Crippen LogP contribution in [0.1, 0.15) is 31.7 Å². The summed E-state index contributed by atoms with van der Waals surface area (Å²) >= 11 is 0. The fraction of sp³-hybridized carbons (Fsp3) is 0.438. The van der Waals surface area contributed by atoms with E-state index in [1.54, 1.807) is 0 Å². The van der Waals surface area contributed by atoms with Gasteiger partial charge in [-0.2, -0.15) is 0 Å². The lowest BCUT2D eigenvalue weighted by atomic mass is 9.78. The van der Waals surface area contributed by atoms with Crippen molar-refractivity contribution in [2.45, 2.75) is 42.4 Å². The summed E-state index contributed by atoms with van der Waals surface area (Å²) in [5.74, 6) is -2.76. The number of carboxylic acid groups (broad SMARTS) is 1. The van der Waals surface area contributed by atoms with Gasteiger partial charge in [0, 0.05) is 29.7 Å². The number of para-hydroxylation sites is 1. The Morgan fingerprint density at radius 2 is 2.00 bits per heavy atom. The molecule has 1 aromatic rings. The number of hydrogen-bond donors (Lipinski definition) is 3. The monoisotopic (exact) mass is 382 g/mol. The van der Waals surface area contributed by atoms with Crippen molar-refractivity contribution in [2.75, 3.05) is 0 Å². The van der Waals surface area contributed by atoms with Crippen LogP contribution in [0.5, 0.6) is 0 Å². The van der Waals surface area contributed by atoms with E-state index in [0.29, 0.717) is 0 Å². The molecular formula is C16H18N2O7S. The molecule has 3 rings (SSSR count). The van der Waals surface area contributed by atoms with Gasteiger partial charge in [-0.05, 0) is 13.8 Å². The lowest BCUT2D eigenvalue weighted by Gasteiger charge is -2.41. The molecule has 0 spiro atoms. The molecule has 26 heavy (non-hydrogen) atoms. The molecule has 0 amide bonds. The Morgan fingerprint density at radius 1 is 1.38 bits per heavy atom. The first-order valence-electron chi connectivity index (χ1n) is 7.91. The van der Waals surface area contributed by atoms with Crippen LogP contribution in [0.4, 0.5) is 5.69 Å². The third-order valence-corrected chi connectivity index (χ3v) is 7.76. The number of nitrogens with one attached hydrogen (secondary N) is 1. The second-order valence-electron chi connectivity index (χ2n) is 6.71. The summed E-state index contributed by atoms with van der Waals surface area (Å²) in [6.45, 7) is 2.84. The van der Waals surface area contributed by atoms with Crippen molar-refractivity contribution < 1.29 is 28.3 Å². The molecule has 4 unspecified atom stereocenters. The van der Waals surface area contributed by atoms with E-state index >= 15 is 0 Å². The van der Waals surface area contributed by atoms with E-state index in [9.17, 15) is 33.5 Å². The zero-order valence-corrected chi connectivity index (χ0v) is 14.9. The summed E-state index contributed by atoms with van der Waals surface area (Å²) in [4.78, 5) is 22.6. The summed E-state index contributed by atoms with van der Waals surface area (Å²) in [5.41, 5.74) is -2.54. The summed E-state index contributed by atoms with van der Waals surface area (Å²) in [6, 6.07) is 5.42. The van der Waals surface area contributed by atoms with Crippen LogP contribution in [0.15, 0.2) is 35.5 Å². The molecule has 1 saturated heterocycles. The predicted molar refractivity (Wildman–Crippen MR) is 91.0 cm³/mol. The number of nitro benzene ring substituents is 1. The second-order valence-corrected chi connectivity index (χ2v) is 9.20. The van der Waals surface area contributed by atoms with Crippen molar-refractivity contribution in [1.82, 2.24) is 5.32 Å². The first kappa shape index (κ1) is 18.3. The van der Waals surface area contributed by atoms with Crippen molar-refractivity contribution in [1.29, 1.82) is 0 Å². The number of carbonyl (C=O) groups is 1. The first-order chi connectivity index (χ1) is 12.0. The molecule has 0 aliphatic carbocycles.